The minimum Gasteiger partial charge on any atom is -0.390 e. The van der Waals surface area contributed by atoms with Crippen LogP contribution in [0, 0.1) is 20.8 Å². The number of aromatic nitrogens is 2. The van der Waals surface area contributed by atoms with Crippen LogP contribution in [-0.2, 0) is 16.6 Å². The maximum atomic E-state index is 12.4. The van der Waals surface area contributed by atoms with Gasteiger partial charge in [0.1, 0.15) is 10.6 Å². The van der Waals surface area contributed by atoms with Gasteiger partial charge in [0, 0.05) is 5.69 Å². The van der Waals surface area contributed by atoms with E-state index in [1.807, 2.05) is 19.9 Å². The van der Waals surface area contributed by atoms with E-state index in [-0.39, 0.29) is 10.6 Å². The van der Waals surface area contributed by atoms with Gasteiger partial charge in [-0.25, -0.2) is 8.42 Å². The van der Waals surface area contributed by atoms with Gasteiger partial charge in [0.15, 0.2) is 0 Å². The van der Waals surface area contributed by atoms with E-state index < -0.39 is 16.6 Å². The number of H-pyrrole nitrogens is 1. The number of hydrogen-bond donors (Lipinski definition) is 3. The van der Waals surface area contributed by atoms with Crippen LogP contribution in [0.2, 0.25) is 0 Å². The molecule has 6 nitrogen and oxygen atoms in total. The number of anilines is 1. The highest BCUT2D eigenvalue weighted by atomic mass is 32.2. The van der Waals surface area contributed by atoms with Crippen LogP contribution in [0.15, 0.2) is 23.1 Å². The molecule has 0 saturated heterocycles. The normalized spacial score (nSPS) is 11.6. The average molecular weight is 295 g/mol. The molecule has 0 amide bonds. The maximum absolute atomic E-state index is 12.4. The van der Waals surface area contributed by atoms with Crippen LogP contribution in [0.5, 0.6) is 0 Å². The molecule has 0 bridgehead atoms. The second-order valence-corrected chi connectivity index (χ2v) is 6.38. The molecule has 7 heteroatoms. The van der Waals surface area contributed by atoms with Crippen molar-refractivity contribution >= 4 is 15.7 Å². The van der Waals surface area contributed by atoms with Gasteiger partial charge < -0.3 is 5.11 Å². The first-order chi connectivity index (χ1) is 9.33. The molecular weight excluding hydrogens is 278 g/mol. The fourth-order valence-corrected chi connectivity index (χ4v) is 3.57. The highest BCUT2D eigenvalue weighted by Crippen LogP contribution is 2.22. The van der Waals surface area contributed by atoms with E-state index in [1.165, 1.54) is 0 Å². The Morgan fingerprint density at radius 2 is 1.80 bits per heavy atom. The van der Waals surface area contributed by atoms with Crippen LogP contribution in [0.4, 0.5) is 5.69 Å². The number of rotatable bonds is 4. The Kier molecular flexibility index (Phi) is 3.82. The number of aliphatic hydroxyl groups excluding tert-OH is 1. The van der Waals surface area contributed by atoms with Gasteiger partial charge in [0.25, 0.3) is 10.0 Å². The molecule has 0 aliphatic carbocycles. The summed E-state index contributed by atoms with van der Waals surface area (Å²) in [5.41, 5.74) is 2.93. The Hall–Kier alpha value is -1.86. The van der Waals surface area contributed by atoms with Gasteiger partial charge in [-0.1, -0.05) is 6.07 Å². The average Bonchev–Trinajstić information content (AvgIpc) is 2.69. The first-order valence-electron chi connectivity index (χ1n) is 6.09. The van der Waals surface area contributed by atoms with Crippen molar-refractivity contribution in [3.8, 4) is 0 Å². The lowest BCUT2D eigenvalue weighted by atomic mass is 10.1. The molecule has 20 heavy (non-hydrogen) atoms. The van der Waals surface area contributed by atoms with Crippen LogP contribution in [0.25, 0.3) is 0 Å². The van der Waals surface area contributed by atoms with Crippen molar-refractivity contribution in [3.63, 3.8) is 0 Å². The van der Waals surface area contributed by atoms with E-state index in [2.05, 4.69) is 14.9 Å². The van der Waals surface area contributed by atoms with Crippen LogP contribution in [0.1, 0.15) is 22.5 Å². The summed E-state index contributed by atoms with van der Waals surface area (Å²) in [5.74, 6) is 0. The summed E-state index contributed by atoms with van der Waals surface area (Å²) in [5, 5.41) is 15.5. The number of hydrogen-bond acceptors (Lipinski definition) is 4. The van der Waals surface area contributed by atoms with E-state index in [9.17, 15) is 13.5 Å². The second kappa shape index (κ2) is 5.26. The van der Waals surface area contributed by atoms with Crippen molar-refractivity contribution in [1.29, 1.82) is 0 Å². The minimum atomic E-state index is -3.78. The monoisotopic (exact) mass is 295 g/mol. The predicted molar refractivity (Wildman–Crippen MR) is 76.0 cm³/mol. The number of sulfonamides is 1. The zero-order valence-electron chi connectivity index (χ0n) is 11.6. The Morgan fingerprint density at radius 1 is 1.20 bits per heavy atom. The Labute approximate surface area is 117 Å². The summed E-state index contributed by atoms with van der Waals surface area (Å²) >= 11 is 0. The molecule has 0 unspecified atom stereocenters. The zero-order chi connectivity index (χ0) is 14.9. The smallest absolute Gasteiger partial charge is 0.265 e. The van der Waals surface area contributed by atoms with E-state index >= 15 is 0 Å². The first kappa shape index (κ1) is 14.5. The van der Waals surface area contributed by atoms with Gasteiger partial charge in [0.2, 0.25) is 0 Å². The molecule has 0 spiro atoms. The number of nitrogens with zero attached hydrogens (tertiary/aromatic N) is 1. The molecule has 2 rings (SSSR count). The largest absolute Gasteiger partial charge is 0.390 e. The van der Waals surface area contributed by atoms with Gasteiger partial charge in [0.05, 0.1) is 12.3 Å². The fraction of sp³-hybridized carbons (Fsp3) is 0.308. The van der Waals surface area contributed by atoms with Crippen molar-refractivity contribution in [3.05, 3.63) is 40.7 Å². The van der Waals surface area contributed by atoms with Crippen LogP contribution in [-0.4, -0.2) is 23.7 Å². The third-order valence-electron chi connectivity index (χ3n) is 2.85. The molecule has 1 aromatic carbocycles. The number of aromatic amines is 1. The molecule has 108 valence electrons. The summed E-state index contributed by atoms with van der Waals surface area (Å²) in [7, 11) is -3.78. The first-order valence-corrected chi connectivity index (χ1v) is 7.57. The van der Waals surface area contributed by atoms with E-state index in [1.54, 1.807) is 19.1 Å². The van der Waals surface area contributed by atoms with Crippen molar-refractivity contribution in [2.24, 2.45) is 0 Å². The number of aryl methyl sites for hydroxylation is 3. The highest BCUT2D eigenvalue weighted by Gasteiger charge is 2.24. The summed E-state index contributed by atoms with van der Waals surface area (Å²) in [6.45, 7) is 4.95. The summed E-state index contributed by atoms with van der Waals surface area (Å²) in [6.07, 6.45) is 0. The number of nitrogens with one attached hydrogen (secondary N) is 2. The highest BCUT2D eigenvalue weighted by molar-refractivity contribution is 7.92. The summed E-state index contributed by atoms with van der Waals surface area (Å²) in [4.78, 5) is -0.000779. The Balaban J connectivity index is 2.43. The molecular formula is C13H17N3O3S. The Morgan fingerprint density at radius 3 is 2.35 bits per heavy atom. The lowest BCUT2D eigenvalue weighted by Gasteiger charge is -2.10. The Bertz CT molecular complexity index is 715. The van der Waals surface area contributed by atoms with Crippen LogP contribution >= 0.6 is 0 Å². The molecule has 2 aromatic rings. The quantitative estimate of drug-likeness (QED) is 0.799. The molecule has 0 aliphatic rings. The van der Waals surface area contributed by atoms with Gasteiger partial charge in [-0.3, -0.25) is 9.82 Å². The van der Waals surface area contributed by atoms with Gasteiger partial charge in [-0.05, 0) is 44.0 Å². The summed E-state index contributed by atoms with van der Waals surface area (Å²) < 4.78 is 27.3. The SMILES string of the molecule is Cc1cc(C)cc(NS(=O)(=O)c2c(CO)n[nH]c2C)c1. The molecule has 0 aliphatic heterocycles. The summed E-state index contributed by atoms with van der Waals surface area (Å²) in [6, 6.07) is 5.46. The second-order valence-electron chi connectivity index (χ2n) is 4.76. The molecule has 3 N–H and O–H groups in total. The zero-order valence-corrected chi connectivity index (χ0v) is 12.4. The van der Waals surface area contributed by atoms with Crippen molar-refractivity contribution in [2.75, 3.05) is 4.72 Å². The van der Waals surface area contributed by atoms with Gasteiger partial charge in [-0.15, -0.1) is 0 Å². The van der Waals surface area contributed by atoms with Crippen LogP contribution < -0.4 is 4.72 Å². The maximum Gasteiger partial charge on any atom is 0.265 e. The van der Waals surface area contributed by atoms with Gasteiger partial charge >= 0.3 is 0 Å². The topological polar surface area (TPSA) is 95.1 Å². The molecule has 0 radical (unpaired) electrons. The van der Waals surface area contributed by atoms with E-state index in [4.69, 9.17) is 0 Å². The van der Waals surface area contributed by atoms with Crippen LogP contribution in [0.3, 0.4) is 0 Å². The number of aliphatic hydroxyl groups is 1. The molecule has 0 fully saturated rings. The predicted octanol–water partition coefficient (Wildman–Crippen LogP) is 1.63. The molecule has 1 heterocycles. The third kappa shape index (κ3) is 2.83. The number of benzene rings is 1. The fourth-order valence-electron chi connectivity index (χ4n) is 2.17. The van der Waals surface area contributed by atoms with Gasteiger partial charge in [-0.2, -0.15) is 5.10 Å². The molecule has 1 aromatic heterocycles. The lowest BCUT2D eigenvalue weighted by molar-refractivity contribution is 0.273. The van der Waals surface area contributed by atoms with E-state index in [0.29, 0.717) is 11.4 Å². The standard InChI is InChI=1S/C13H17N3O3S/c1-8-4-9(2)6-11(5-8)16-20(18,19)13-10(3)14-15-12(13)7-17/h4-6,16-17H,7H2,1-3H3,(H,14,15). The van der Waals surface area contributed by atoms with Crippen molar-refractivity contribution in [1.82, 2.24) is 10.2 Å². The van der Waals surface area contributed by atoms with E-state index in [0.717, 1.165) is 11.1 Å². The molecule has 0 atom stereocenters. The van der Waals surface area contributed by atoms with Crippen molar-refractivity contribution in [2.45, 2.75) is 32.3 Å². The minimum absolute atomic E-state index is 0.000779. The molecule has 0 saturated carbocycles. The third-order valence-corrected chi connectivity index (χ3v) is 4.44. The lowest BCUT2D eigenvalue weighted by Crippen LogP contribution is -2.15. The van der Waals surface area contributed by atoms with Crippen molar-refractivity contribution < 1.29 is 13.5 Å².